The number of aliphatic carboxylic acids is 1. The van der Waals surface area contributed by atoms with E-state index in [1.54, 1.807) is 0 Å². The van der Waals surface area contributed by atoms with Gasteiger partial charge in [0, 0.05) is 18.4 Å². The van der Waals surface area contributed by atoms with Crippen molar-refractivity contribution in [1.82, 2.24) is 0 Å². The Morgan fingerprint density at radius 2 is 1.62 bits per heavy atom. The molecule has 0 saturated heterocycles. The van der Waals surface area contributed by atoms with Gasteiger partial charge in [0.2, 0.25) is 0 Å². The van der Waals surface area contributed by atoms with Crippen molar-refractivity contribution in [3.05, 3.63) is 60.7 Å². The van der Waals surface area contributed by atoms with Crippen LogP contribution < -0.4 is 10.4 Å². The minimum Gasteiger partial charge on any atom is -0.481 e. The Bertz CT molecular complexity index is 1100. The highest BCUT2D eigenvalue weighted by molar-refractivity contribution is 6.99. The number of carbonyl (C=O) groups is 1. The molecule has 2 aromatic carbocycles. The van der Waals surface area contributed by atoms with Crippen molar-refractivity contribution in [2.24, 2.45) is 28.8 Å². The van der Waals surface area contributed by atoms with E-state index in [2.05, 4.69) is 100 Å². The van der Waals surface area contributed by atoms with Gasteiger partial charge in [-0.05, 0) is 58.9 Å². The maximum absolute atomic E-state index is 11.9. The molecular formula is C33H45NO4Si. The van der Waals surface area contributed by atoms with Crippen molar-refractivity contribution in [3.63, 3.8) is 0 Å². The topological polar surface area (TPSA) is 68.1 Å². The molecule has 0 amide bonds. The highest BCUT2D eigenvalue weighted by Gasteiger charge is 2.50. The molecule has 1 fully saturated rings. The molecule has 1 saturated carbocycles. The van der Waals surface area contributed by atoms with E-state index in [4.69, 9.17) is 9.26 Å². The van der Waals surface area contributed by atoms with E-state index in [0.717, 1.165) is 18.8 Å². The molecule has 6 heteroatoms. The second-order valence-corrected chi connectivity index (χ2v) is 16.5. The van der Waals surface area contributed by atoms with E-state index < -0.39 is 14.3 Å². The van der Waals surface area contributed by atoms with Crippen LogP contribution in [0.15, 0.2) is 65.8 Å². The van der Waals surface area contributed by atoms with E-state index in [-0.39, 0.29) is 17.4 Å². The number of oxime groups is 1. The molecule has 5 nitrogen and oxygen atoms in total. The van der Waals surface area contributed by atoms with Gasteiger partial charge in [0.1, 0.15) is 12.8 Å². The van der Waals surface area contributed by atoms with E-state index in [9.17, 15) is 9.90 Å². The molecule has 1 unspecified atom stereocenters. The molecular weight excluding hydrogens is 502 g/mol. The van der Waals surface area contributed by atoms with Crippen LogP contribution in [0.2, 0.25) is 5.04 Å². The first kappa shape index (κ1) is 30.7. The van der Waals surface area contributed by atoms with Crippen LogP contribution >= 0.6 is 0 Å². The Balaban J connectivity index is 1.84. The van der Waals surface area contributed by atoms with Crippen molar-refractivity contribution < 1.29 is 19.2 Å². The Morgan fingerprint density at radius 3 is 2.08 bits per heavy atom. The van der Waals surface area contributed by atoms with Gasteiger partial charge >= 0.3 is 5.97 Å². The van der Waals surface area contributed by atoms with Crippen molar-refractivity contribution in [3.8, 4) is 11.8 Å². The lowest BCUT2D eigenvalue weighted by atomic mass is 9.72. The van der Waals surface area contributed by atoms with Crippen LogP contribution in [0, 0.1) is 35.5 Å². The average Bonchev–Trinajstić information content (AvgIpc) is 2.86. The Morgan fingerprint density at radius 1 is 1.05 bits per heavy atom. The summed E-state index contributed by atoms with van der Waals surface area (Å²) in [6, 6.07) is 20.9. The Hall–Kier alpha value is -2.88. The lowest BCUT2D eigenvalue weighted by Crippen LogP contribution is -2.66. The standard InChI is InChI=1S/C33H45NO4Si/c1-25(2)21-27-22-26(23-27)17-18-31(34-37-6)28(24-32(35)36)19-20-38-39(33(3,4)5,29-13-9-7-10-14-29)30-15-11-8-12-16-30/h7-16,25-28H,19-24H2,1-6H3,(H,35,36). The molecule has 0 aromatic heterocycles. The van der Waals surface area contributed by atoms with Crippen LogP contribution in [0.4, 0.5) is 0 Å². The van der Waals surface area contributed by atoms with Crippen LogP contribution in [0.3, 0.4) is 0 Å². The first-order valence-electron chi connectivity index (χ1n) is 14.2. The lowest BCUT2D eigenvalue weighted by Gasteiger charge is -2.43. The summed E-state index contributed by atoms with van der Waals surface area (Å²) in [4.78, 5) is 17.0. The van der Waals surface area contributed by atoms with Crippen molar-refractivity contribution in [1.29, 1.82) is 0 Å². The zero-order valence-corrected chi connectivity index (χ0v) is 25.4. The molecule has 0 heterocycles. The Kier molecular flexibility index (Phi) is 11.0. The largest absolute Gasteiger partial charge is 0.481 e. The minimum absolute atomic E-state index is 0.0678. The monoisotopic (exact) mass is 547 g/mol. The Labute approximate surface area is 236 Å². The van der Waals surface area contributed by atoms with Crippen molar-refractivity contribution in [2.75, 3.05) is 13.7 Å². The maximum atomic E-state index is 11.9. The summed E-state index contributed by atoms with van der Waals surface area (Å²) < 4.78 is 7.02. The smallest absolute Gasteiger partial charge is 0.304 e. The van der Waals surface area contributed by atoms with Crippen LogP contribution in [0.1, 0.15) is 66.7 Å². The van der Waals surface area contributed by atoms with Gasteiger partial charge in [-0.1, -0.05) is 106 Å². The summed E-state index contributed by atoms with van der Waals surface area (Å²) >= 11 is 0. The number of rotatable bonds is 12. The van der Waals surface area contributed by atoms with Gasteiger partial charge in [-0.3, -0.25) is 4.79 Å². The minimum atomic E-state index is -2.72. The van der Waals surface area contributed by atoms with Crippen LogP contribution in [-0.2, 0) is 14.1 Å². The molecule has 1 aliphatic rings. The van der Waals surface area contributed by atoms with Crippen molar-refractivity contribution in [2.45, 2.75) is 71.8 Å². The second kappa shape index (κ2) is 14.0. The average molecular weight is 548 g/mol. The van der Waals surface area contributed by atoms with Crippen molar-refractivity contribution >= 4 is 30.4 Å². The predicted octanol–water partition coefficient (Wildman–Crippen LogP) is 6.12. The molecule has 1 atom stereocenters. The molecule has 0 aliphatic heterocycles. The molecule has 1 aliphatic carbocycles. The van der Waals surface area contributed by atoms with E-state index in [1.165, 1.54) is 23.9 Å². The van der Waals surface area contributed by atoms with Gasteiger partial charge in [-0.25, -0.2) is 0 Å². The molecule has 0 bridgehead atoms. The van der Waals surface area contributed by atoms with Gasteiger partial charge in [0.05, 0.1) is 6.42 Å². The molecule has 2 aromatic rings. The van der Waals surface area contributed by atoms with Gasteiger partial charge < -0.3 is 14.4 Å². The fourth-order valence-electron chi connectivity index (χ4n) is 5.85. The maximum Gasteiger partial charge on any atom is 0.304 e. The highest BCUT2D eigenvalue weighted by atomic mass is 28.4. The van der Waals surface area contributed by atoms with Gasteiger partial charge in [-0.2, -0.15) is 0 Å². The summed E-state index contributed by atoms with van der Waals surface area (Å²) in [6.07, 6.45) is 3.87. The highest BCUT2D eigenvalue weighted by Crippen LogP contribution is 2.38. The summed E-state index contributed by atoms with van der Waals surface area (Å²) in [5.41, 5.74) is 0.498. The molecule has 1 N–H and O–H groups in total. The van der Waals surface area contributed by atoms with Gasteiger partial charge in [-0.15, -0.1) is 0 Å². The summed E-state index contributed by atoms with van der Waals surface area (Å²) in [6.45, 7) is 11.6. The predicted molar refractivity (Wildman–Crippen MR) is 162 cm³/mol. The fourth-order valence-corrected chi connectivity index (χ4v) is 10.4. The first-order chi connectivity index (χ1) is 18.6. The first-order valence-corrected chi connectivity index (χ1v) is 16.1. The number of hydrogen-bond donors (Lipinski definition) is 1. The third-order valence-electron chi connectivity index (χ3n) is 7.64. The quantitative estimate of drug-likeness (QED) is 0.150. The number of benzene rings is 2. The molecule has 210 valence electrons. The third kappa shape index (κ3) is 8.06. The molecule has 0 spiro atoms. The van der Waals surface area contributed by atoms with E-state index in [1.807, 2.05) is 12.1 Å². The molecule has 39 heavy (non-hydrogen) atoms. The lowest BCUT2D eigenvalue weighted by molar-refractivity contribution is -0.137. The normalized spacial score (nSPS) is 18.6. The summed E-state index contributed by atoms with van der Waals surface area (Å²) in [7, 11) is -1.23. The van der Waals surface area contributed by atoms with Gasteiger partial charge in [0.15, 0.2) is 0 Å². The van der Waals surface area contributed by atoms with Gasteiger partial charge in [0.25, 0.3) is 8.32 Å². The number of nitrogens with zero attached hydrogens (tertiary/aromatic N) is 1. The number of hydrogen-bond acceptors (Lipinski definition) is 4. The zero-order valence-electron chi connectivity index (χ0n) is 24.4. The van der Waals surface area contributed by atoms with Crippen LogP contribution in [0.5, 0.6) is 0 Å². The summed E-state index contributed by atoms with van der Waals surface area (Å²) in [5, 5.41) is 16.2. The number of carboxylic acids is 1. The summed E-state index contributed by atoms with van der Waals surface area (Å²) in [5.74, 6) is 7.08. The zero-order chi connectivity index (χ0) is 28.5. The van der Waals surface area contributed by atoms with E-state index >= 15 is 0 Å². The number of carboxylic acid groups (broad SMARTS) is 1. The van der Waals surface area contributed by atoms with E-state index in [0.29, 0.717) is 30.6 Å². The molecule has 0 radical (unpaired) electrons. The molecule has 3 rings (SSSR count). The fraction of sp³-hybridized carbons (Fsp3) is 0.515. The SMILES string of the molecule is CON=C(C#CC1CC(CC(C)C)C1)C(CCO[Si](c1ccccc1)(c1ccccc1)C(C)(C)C)CC(=O)O. The second-order valence-electron chi connectivity index (χ2n) is 12.2. The van der Waals surface area contributed by atoms with Crippen LogP contribution in [0.25, 0.3) is 0 Å². The third-order valence-corrected chi connectivity index (χ3v) is 12.7. The van der Waals surface area contributed by atoms with Crippen LogP contribution in [-0.4, -0.2) is 38.8 Å².